The number of carbonyl (C=O) groups is 1. The average molecular weight is 185 g/mol. The van der Waals surface area contributed by atoms with Crippen molar-refractivity contribution < 1.29 is 9.53 Å². The Morgan fingerprint density at radius 3 is 2.54 bits per heavy atom. The summed E-state index contributed by atoms with van der Waals surface area (Å²) in [6, 6.07) is 0. The fourth-order valence-corrected chi connectivity index (χ4v) is 1.40. The van der Waals surface area contributed by atoms with E-state index in [-0.39, 0.29) is 17.6 Å². The van der Waals surface area contributed by atoms with Crippen molar-refractivity contribution in [2.24, 2.45) is 0 Å². The Morgan fingerprint density at radius 1 is 1.38 bits per heavy atom. The van der Waals surface area contributed by atoms with Crippen molar-refractivity contribution >= 4 is 5.91 Å². The summed E-state index contributed by atoms with van der Waals surface area (Å²) < 4.78 is 5.37. The zero-order valence-corrected chi connectivity index (χ0v) is 8.72. The Kier molecular flexibility index (Phi) is 3.31. The monoisotopic (exact) mass is 185 g/mol. The maximum absolute atomic E-state index is 11.6. The maximum Gasteiger partial charge on any atom is 0.249 e. The van der Waals surface area contributed by atoms with E-state index in [0.717, 1.165) is 25.9 Å². The van der Waals surface area contributed by atoms with E-state index in [2.05, 4.69) is 5.32 Å². The molecule has 1 amide bonds. The summed E-state index contributed by atoms with van der Waals surface area (Å²) in [4.78, 5) is 11.6. The molecule has 1 aliphatic heterocycles. The van der Waals surface area contributed by atoms with Gasteiger partial charge in [-0.15, -0.1) is 0 Å². The predicted molar refractivity (Wildman–Crippen MR) is 51.5 cm³/mol. The third kappa shape index (κ3) is 3.77. The molecule has 1 heterocycles. The largest absolute Gasteiger partial charge is 0.368 e. The predicted octanol–water partition coefficient (Wildman–Crippen LogP) is 1.47. The third-order valence-corrected chi connectivity index (χ3v) is 1.97. The molecule has 0 aliphatic carbocycles. The summed E-state index contributed by atoms with van der Waals surface area (Å²) >= 11 is 0. The Labute approximate surface area is 79.8 Å². The highest BCUT2D eigenvalue weighted by atomic mass is 16.5. The molecule has 0 saturated carbocycles. The van der Waals surface area contributed by atoms with Crippen LogP contribution in [0.5, 0.6) is 0 Å². The molecule has 1 N–H and O–H groups in total. The topological polar surface area (TPSA) is 38.3 Å². The SMILES string of the molecule is CC(C)(C)NC(=O)C1CCCCO1. The van der Waals surface area contributed by atoms with Gasteiger partial charge in [-0.2, -0.15) is 0 Å². The molecule has 0 aromatic heterocycles. The highest BCUT2D eigenvalue weighted by Crippen LogP contribution is 2.13. The van der Waals surface area contributed by atoms with E-state index >= 15 is 0 Å². The van der Waals surface area contributed by atoms with Crippen LogP contribution in [0, 0.1) is 0 Å². The first-order valence-corrected chi connectivity index (χ1v) is 4.93. The molecule has 0 aromatic carbocycles. The van der Waals surface area contributed by atoms with Gasteiger partial charge in [-0.25, -0.2) is 0 Å². The summed E-state index contributed by atoms with van der Waals surface area (Å²) in [7, 11) is 0. The van der Waals surface area contributed by atoms with Crippen LogP contribution in [0.25, 0.3) is 0 Å². The number of rotatable bonds is 1. The number of hydrogen-bond acceptors (Lipinski definition) is 2. The first kappa shape index (κ1) is 10.5. The molecular formula is C10H19NO2. The molecule has 1 atom stereocenters. The lowest BCUT2D eigenvalue weighted by Gasteiger charge is -2.27. The highest BCUT2D eigenvalue weighted by molar-refractivity contribution is 5.81. The van der Waals surface area contributed by atoms with Crippen LogP contribution in [0.4, 0.5) is 0 Å². The molecule has 0 spiro atoms. The van der Waals surface area contributed by atoms with Gasteiger partial charge in [0.05, 0.1) is 0 Å². The van der Waals surface area contributed by atoms with Gasteiger partial charge >= 0.3 is 0 Å². The fraction of sp³-hybridized carbons (Fsp3) is 0.900. The molecule has 0 radical (unpaired) electrons. The molecule has 76 valence electrons. The minimum Gasteiger partial charge on any atom is -0.368 e. The first-order chi connectivity index (χ1) is 5.99. The molecule has 3 heteroatoms. The summed E-state index contributed by atoms with van der Waals surface area (Å²) in [5, 5.41) is 2.92. The molecule has 1 aliphatic rings. The molecule has 1 unspecified atom stereocenters. The molecule has 1 rings (SSSR count). The van der Waals surface area contributed by atoms with Gasteiger partial charge in [-0.05, 0) is 40.0 Å². The highest BCUT2D eigenvalue weighted by Gasteiger charge is 2.24. The lowest BCUT2D eigenvalue weighted by molar-refractivity contribution is -0.136. The van der Waals surface area contributed by atoms with Crippen molar-refractivity contribution in [2.45, 2.75) is 51.7 Å². The van der Waals surface area contributed by atoms with Gasteiger partial charge in [0.15, 0.2) is 0 Å². The summed E-state index contributed by atoms with van der Waals surface area (Å²) in [6.45, 7) is 6.66. The molecule has 1 saturated heterocycles. The van der Waals surface area contributed by atoms with Crippen LogP contribution >= 0.6 is 0 Å². The number of hydrogen-bond donors (Lipinski definition) is 1. The van der Waals surface area contributed by atoms with Crippen LogP contribution in [0.3, 0.4) is 0 Å². The van der Waals surface area contributed by atoms with E-state index in [0.29, 0.717) is 0 Å². The number of amides is 1. The minimum atomic E-state index is -0.215. The van der Waals surface area contributed by atoms with Crippen LogP contribution < -0.4 is 5.32 Å². The van der Waals surface area contributed by atoms with Crippen LogP contribution in [-0.4, -0.2) is 24.2 Å². The maximum atomic E-state index is 11.6. The van der Waals surface area contributed by atoms with Gasteiger partial charge in [-0.1, -0.05) is 0 Å². The number of nitrogens with one attached hydrogen (secondary N) is 1. The van der Waals surface area contributed by atoms with Crippen LogP contribution in [0.1, 0.15) is 40.0 Å². The summed E-state index contributed by atoms with van der Waals surface area (Å²) in [6.07, 6.45) is 2.83. The van der Waals surface area contributed by atoms with E-state index in [1.807, 2.05) is 20.8 Å². The van der Waals surface area contributed by atoms with Gasteiger partial charge in [-0.3, -0.25) is 4.79 Å². The first-order valence-electron chi connectivity index (χ1n) is 4.93. The quantitative estimate of drug-likeness (QED) is 0.672. The molecular weight excluding hydrogens is 166 g/mol. The van der Waals surface area contributed by atoms with Crippen molar-refractivity contribution in [3.63, 3.8) is 0 Å². The van der Waals surface area contributed by atoms with Gasteiger partial charge in [0, 0.05) is 12.1 Å². The van der Waals surface area contributed by atoms with Crippen molar-refractivity contribution in [3.8, 4) is 0 Å². The van der Waals surface area contributed by atoms with Gasteiger partial charge in [0.1, 0.15) is 6.10 Å². The van der Waals surface area contributed by atoms with E-state index in [1.165, 1.54) is 0 Å². The summed E-state index contributed by atoms with van der Waals surface area (Å²) in [5.74, 6) is 0.0344. The Bertz CT molecular complexity index is 178. The zero-order valence-electron chi connectivity index (χ0n) is 8.72. The van der Waals surface area contributed by atoms with Crippen molar-refractivity contribution in [1.29, 1.82) is 0 Å². The minimum absolute atomic E-state index is 0.0344. The second-order valence-electron chi connectivity index (χ2n) is 4.59. The van der Waals surface area contributed by atoms with Gasteiger partial charge in [0.2, 0.25) is 5.91 Å². The normalized spacial score (nSPS) is 24.1. The molecule has 3 nitrogen and oxygen atoms in total. The van der Waals surface area contributed by atoms with Crippen molar-refractivity contribution in [1.82, 2.24) is 5.32 Å². The molecule has 0 bridgehead atoms. The third-order valence-electron chi connectivity index (χ3n) is 1.97. The lowest BCUT2D eigenvalue weighted by atomic mass is 10.1. The number of carbonyl (C=O) groups excluding carboxylic acids is 1. The van der Waals surface area contributed by atoms with Crippen molar-refractivity contribution in [3.05, 3.63) is 0 Å². The smallest absolute Gasteiger partial charge is 0.249 e. The van der Waals surface area contributed by atoms with E-state index in [1.54, 1.807) is 0 Å². The van der Waals surface area contributed by atoms with E-state index in [4.69, 9.17) is 4.74 Å². The van der Waals surface area contributed by atoms with Crippen LogP contribution in [-0.2, 0) is 9.53 Å². The fourth-order valence-electron chi connectivity index (χ4n) is 1.40. The second-order valence-corrected chi connectivity index (χ2v) is 4.59. The van der Waals surface area contributed by atoms with Crippen LogP contribution in [0.2, 0.25) is 0 Å². The van der Waals surface area contributed by atoms with E-state index < -0.39 is 0 Å². The molecule has 0 aromatic rings. The Balaban J connectivity index is 2.38. The lowest BCUT2D eigenvalue weighted by Crippen LogP contribution is -2.47. The Morgan fingerprint density at radius 2 is 2.08 bits per heavy atom. The van der Waals surface area contributed by atoms with Gasteiger partial charge in [0.25, 0.3) is 0 Å². The Hall–Kier alpha value is -0.570. The molecule has 13 heavy (non-hydrogen) atoms. The molecule has 1 fully saturated rings. The summed E-state index contributed by atoms with van der Waals surface area (Å²) in [5.41, 5.74) is -0.155. The zero-order chi connectivity index (χ0) is 9.90. The average Bonchev–Trinajstić information content (AvgIpc) is 2.03. The van der Waals surface area contributed by atoms with Crippen molar-refractivity contribution in [2.75, 3.05) is 6.61 Å². The van der Waals surface area contributed by atoms with E-state index in [9.17, 15) is 4.79 Å². The standard InChI is InChI=1S/C10H19NO2/c1-10(2,3)11-9(12)8-6-4-5-7-13-8/h8H,4-7H2,1-3H3,(H,11,12). The second kappa shape index (κ2) is 4.09. The number of ether oxygens (including phenoxy) is 1. The van der Waals surface area contributed by atoms with Crippen LogP contribution in [0.15, 0.2) is 0 Å². The van der Waals surface area contributed by atoms with Gasteiger partial charge < -0.3 is 10.1 Å².